The zero-order chi connectivity index (χ0) is 27.2. The summed E-state index contributed by atoms with van der Waals surface area (Å²) in [5.74, 6) is 1.92. The Kier molecular flexibility index (Phi) is 5.57. The van der Waals surface area contributed by atoms with Gasteiger partial charge in [-0.2, -0.15) is 0 Å². The third-order valence-corrected chi connectivity index (χ3v) is 8.44. The highest BCUT2D eigenvalue weighted by Gasteiger charge is 2.18. The molecule has 0 spiro atoms. The summed E-state index contributed by atoms with van der Waals surface area (Å²) in [6.45, 7) is 0. The predicted molar refractivity (Wildman–Crippen MR) is 168 cm³/mol. The molecule has 41 heavy (non-hydrogen) atoms. The minimum atomic E-state index is 0.634. The lowest BCUT2D eigenvalue weighted by atomic mass is 9.97. The Labute approximate surface area is 239 Å². The third-order valence-electron chi connectivity index (χ3n) is 7.28. The van der Waals surface area contributed by atoms with Gasteiger partial charge >= 0.3 is 0 Å². The summed E-state index contributed by atoms with van der Waals surface area (Å²) >= 11 is 1.73. The normalized spacial score (nSPS) is 11.4. The molecule has 0 aliphatic carbocycles. The molecule has 192 valence electrons. The van der Waals surface area contributed by atoms with Gasteiger partial charge in [-0.15, -0.1) is 11.3 Å². The van der Waals surface area contributed by atoms with Crippen LogP contribution in [0.3, 0.4) is 0 Å². The maximum absolute atomic E-state index is 4.98. The molecule has 0 bridgehead atoms. The zero-order valence-corrected chi connectivity index (χ0v) is 22.6. The summed E-state index contributed by atoms with van der Waals surface area (Å²) in [4.78, 5) is 24.3. The van der Waals surface area contributed by atoms with Gasteiger partial charge in [-0.25, -0.2) is 24.9 Å². The van der Waals surface area contributed by atoms with Crippen molar-refractivity contribution in [1.29, 1.82) is 0 Å². The van der Waals surface area contributed by atoms with Crippen LogP contribution in [0.15, 0.2) is 128 Å². The van der Waals surface area contributed by atoms with Gasteiger partial charge in [0.15, 0.2) is 17.5 Å². The van der Waals surface area contributed by atoms with Crippen molar-refractivity contribution in [3.63, 3.8) is 0 Å². The Hall–Kier alpha value is -5.33. The van der Waals surface area contributed by atoms with E-state index >= 15 is 0 Å². The molecule has 0 N–H and O–H groups in total. The van der Waals surface area contributed by atoms with Crippen LogP contribution in [-0.4, -0.2) is 24.9 Å². The molecule has 3 heterocycles. The van der Waals surface area contributed by atoms with Crippen molar-refractivity contribution in [2.45, 2.75) is 0 Å². The molecule has 0 radical (unpaired) electrons. The molecule has 5 aromatic carbocycles. The van der Waals surface area contributed by atoms with Crippen LogP contribution in [0.4, 0.5) is 0 Å². The van der Waals surface area contributed by atoms with Gasteiger partial charge in [0, 0.05) is 32.3 Å². The van der Waals surface area contributed by atoms with Crippen LogP contribution >= 0.6 is 11.3 Å². The van der Waals surface area contributed by atoms with Crippen LogP contribution in [-0.2, 0) is 0 Å². The molecule has 5 nitrogen and oxygen atoms in total. The van der Waals surface area contributed by atoms with E-state index in [2.05, 4.69) is 65.6 Å². The number of aromatic nitrogens is 5. The van der Waals surface area contributed by atoms with E-state index in [9.17, 15) is 0 Å². The summed E-state index contributed by atoms with van der Waals surface area (Å²) in [6.07, 6.45) is 1.67. The SMILES string of the molecule is c1ccc(-c2nc(-c3ccccc3)nc(-c3cccc4c(-c5ncnc6c5sc5ccccc56)cccc34)n2)cc1. The second-order valence-corrected chi connectivity index (χ2v) is 10.8. The van der Waals surface area contributed by atoms with Crippen LogP contribution < -0.4 is 0 Å². The molecule has 0 amide bonds. The molecule has 0 atom stereocenters. The molecule has 6 heteroatoms. The van der Waals surface area contributed by atoms with E-state index in [1.165, 1.54) is 4.70 Å². The largest absolute Gasteiger partial charge is 0.235 e. The number of hydrogen-bond acceptors (Lipinski definition) is 6. The van der Waals surface area contributed by atoms with Gasteiger partial charge in [0.05, 0.1) is 15.9 Å². The topological polar surface area (TPSA) is 64.5 Å². The highest BCUT2D eigenvalue weighted by Crippen LogP contribution is 2.40. The highest BCUT2D eigenvalue weighted by molar-refractivity contribution is 7.26. The number of rotatable bonds is 4. The van der Waals surface area contributed by atoms with Crippen molar-refractivity contribution in [3.8, 4) is 45.4 Å². The lowest BCUT2D eigenvalue weighted by Crippen LogP contribution is -2.00. The first-order chi connectivity index (χ1) is 20.3. The van der Waals surface area contributed by atoms with E-state index in [1.807, 2.05) is 60.7 Å². The highest BCUT2D eigenvalue weighted by atomic mass is 32.1. The number of hydrogen-bond donors (Lipinski definition) is 0. The van der Waals surface area contributed by atoms with Gasteiger partial charge < -0.3 is 0 Å². The molecule has 0 saturated carbocycles. The summed E-state index contributed by atoms with van der Waals surface area (Å²) in [5, 5.41) is 3.30. The van der Waals surface area contributed by atoms with Gasteiger partial charge in [0.25, 0.3) is 0 Å². The van der Waals surface area contributed by atoms with Crippen LogP contribution in [0.2, 0.25) is 0 Å². The predicted octanol–water partition coefficient (Wildman–Crippen LogP) is 8.85. The smallest absolute Gasteiger partial charge is 0.164 e. The molecular weight excluding hydrogens is 522 g/mol. The summed E-state index contributed by atoms with van der Waals surface area (Å²) in [6, 6.07) is 41.2. The Balaban J connectivity index is 1.36. The van der Waals surface area contributed by atoms with E-state index in [-0.39, 0.29) is 0 Å². The fourth-order valence-electron chi connectivity index (χ4n) is 5.36. The van der Waals surface area contributed by atoms with Crippen molar-refractivity contribution < 1.29 is 0 Å². The Morgan fingerprint density at radius 3 is 1.71 bits per heavy atom. The maximum atomic E-state index is 4.98. The second kappa shape index (κ2) is 9.70. The van der Waals surface area contributed by atoms with Crippen molar-refractivity contribution in [3.05, 3.63) is 128 Å². The minimum absolute atomic E-state index is 0.634. The number of benzene rings is 5. The number of thiophene rings is 1. The third kappa shape index (κ3) is 4.04. The molecule has 0 saturated heterocycles. The molecule has 0 aliphatic heterocycles. The first-order valence-corrected chi connectivity index (χ1v) is 14.2. The van der Waals surface area contributed by atoms with Crippen molar-refractivity contribution in [2.75, 3.05) is 0 Å². The van der Waals surface area contributed by atoms with Crippen molar-refractivity contribution >= 4 is 42.4 Å². The molecule has 0 fully saturated rings. The Morgan fingerprint density at radius 2 is 1.00 bits per heavy atom. The van der Waals surface area contributed by atoms with Crippen LogP contribution in [0, 0.1) is 0 Å². The number of fused-ring (bicyclic) bond motifs is 4. The summed E-state index contributed by atoms with van der Waals surface area (Å²) in [5.41, 5.74) is 5.82. The maximum Gasteiger partial charge on any atom is 0.164 e. The first-order valence-electron chi connectivity index (χ1n) is 13.4. The Morgan fingerprint density at radius 1 is 0.439 bits per heavy atom. The summed E-state index contributed by atoms with van der Waals surface area (Å²) in [7, 11) is 0. The average molecular weight is 544 g/mol. The molecule has 3 aromatic heterocycles. The molecule has 0 unspecified atom stereocenters. The van der Waals surface area contributed by atoms with Crippen molar-refractivity contribution in [1.82, 2.24) is 24.9 Å². The van der Waals surface area contributed by atoms with Crippen LogP contribution in [0.5, 0.6) is 0 Å². The van der Waals surface area contributed by atoms with E-state index in [4.69, 9.17) is 19.9 Å². The zero-order valence-electron chi connectivity index (χ0n) is 21.8. The number of nitrogens with zero attached hydrogens (tertiary/aromatic N) is 5. The molecule has 0 aliphatic rings. The average Bonchev–Trinajstić information content (AvgIpc) is 3.44. The lowest BCUT2D eigenvalue weighted by Gasteiger charge is -2.12. The van der Waals surface area contributed by atoms with E-state index in [0.717, 1.165) is 54.3 Å². The summed E-state index contributed by atoms with van der Waals surface area (Å²) < 4.78 is 2.29. The van der Waals surface area contributed by atoms with Gasteiger partial charge in [-0.05, 0) is 16.8 Å². The molecular formula is C35H21N5S. The standard InChI is InChI=1S/C35H21N5S/c1-3-11-22(12-4-1)33-38-34(23-13-5-2-6-14-23)40-35(39-33)27-19-10-16-24-25(27)17-9-18-26(24)30-32-31(37-21-36-30)28-15-7-8-20-29(28)41-32/h1-21H. The molecule has 8 aromatic rings. The van der Waals surface area contributed by atoms with Crippen molar-refractivity contribution in [2.24, 2.45) is 0 Å². The minimum Gasteiger partial charge on any atom is -0.235 e. The van der Waals surface area contributed by atoms with E-state index < -0.39 is 0 Å². The monoisotopic (exact) mass is 543 g/mol. The second-order valence-electron chi connectivity index (χ2n) is 9.74. The fourth-order valence-corrected chi connectivity index (χ4v) is 6.52. The van der Waals surface area contributed by atoms with E-state index in [0.29, 0.717) is 17.5 Å². The van der Waals surface area contributed by atoms with Gasteiger partial charge in [-0.1, -0.05) is 115 Å². The van der Waals surface area contributed by atoms with Crippen LogP contribution in [0.25, 0.3) is 76.5 Å². The van der Waals surface area contributed by atoms with Crippen LogP contribution in [0.1, 0.15) is 0 Å². The quantitative estimate of drug-likeness (QED) is 0.222. The molecule has 8 rings (SSSR count). The van der Waals surface area contributed by atoms with Gasteiger partial charge in [0.2, 0.25) is 0 Å². The van der Waals surface area contributed by atoms with Gasteiger partial charge in [0.1, 0.15) is 6.33 Å². The first kappa shape index (κ1) is 23.5. The van der Waals surface area contributed by atoms with E-state index in [1.54, 1.807) is 17.7 Å². The Bertz CT molecular complexity index is 2150. The fraction of sp³-hybridized carbons (Fsp3) is 0. The van der Waals surface area contributed by atoms with Gasteiger partial charge in [-0.3, -0.25) is 0 Å². The lowest BCUT2D eigenvalue weighted by molar-refractivity contribution is 1.08.